The molecule has 27 heteroatoms. The van der Waals surface area contributed by atoms with Gasteiger partial charge in [0, 0.05) is 0 Å². The molecule has 1 aliphatic heterocycles. The Bertz CT molecular complexity index is 588. The van der Waals surface area contributed by atoms with Crippen LogP contribution >= 0.6 is 46.9 Å². The van der Waals surface area contributed by atoms with Crippen molar-refractivity contribution in [1.29, 1.82) is 0 Å². The molecule has 1 fully saturated rings. The van der Waals surface area contributed by atoms with Gasteiger partial charge in [-0.25, -0.2) is 25.9 Å². The Morgan fingerprint density at radius 2 is 0.407 bits per heavy atom. The summed E-state index contributed by atoms with van der Waals surface area (Å²) in [4.78, 5) is 65.8. The van der Waals surface area contributed by atoms with Crippen LogP contribution < -0.4 is 29.4 Å². The maximum atomic E-state index is 11.0. The first-order valence-corrected chi connectivity index (χ1v) is 13.1. The first-order chi connectivity index (χ1) is 10.2. The molecule has 0 spiro atoms. The fourth-order valence-electron chi connectivity index (χ4n) is 0.824. The van der Waals surface area contributed by atoms with Crippen molar-refractivity contribution in [3.8, 4) is 0 Å². The molecule has 18 nitrogen and oxygen atoms in total. The van der Waals surface area contributed by atoms with Crippen LogP contribution in [0, 0.1) is 0 Å². The zero-order valence-corrected chi connectivity index (χ0v) is 30.8. The van der Waals surface area contributed by atoms with Gasteiger partial charge in [0.15, 0.2) is 0 Å². The molecule has 0 saturated carbocycles. The van der Waals surface area contributed by atoms with E-state index in [1.165, 1.54) is 0 Å². The molecule has 1 heterocycles. The smallest absolute Gasteiger partial charge is 0.756 e. The Morgan fingerprint density at radius 3 is 0.481 bits per heavy atom. The van der Waals surface area contributed by atoms with Crippen LogP contribution in [0.1, 0.15) is 0 Å². The summed E-state index contributed by atoms with van der Waals surface area (Å²) in [5, 5.41) is 0. The van der Waals surface area contributed by atoms with Gasteiger partial charge in [-0.05, 0) is 0 Å². The van der Waals surface area contributed by atoms with Gasteiger partial charge in [-0.2, -0.15) is 0 Å². The van der Waals surface area contributed by atoms with Gasteiger partial charge in [0.2, 0.25) is 0 Å². The third kappa shape index (κ3) is 16.0. The van der Waals surface area contributed by atoms with Crippen molar-refractivity contribution < 1.29 is 82.6 Å². The van der Waals surface area contributed by atoms with E-state index in [1.807, 2.05) is 0 Å². The largest absolute Gasteiger partial charge is 2.00 e. The maximum Gasteiger partial charge on any atom is 2.00 e. The SMILES string of the molecule is O=P1([O-])OP(=O)([O-])OP(=O)([O-])OP(=O)([O-])OP(=O)([O-])OP(=O)([O-])O1.[Ba+2].[Ba+2].[Ba+2]. The number of rotatable bonds is 0. The molecule has 144 valence electrons. The molecule has 0 aromatic carbocycles. The summed E-state index contributed by atoms with van der Waals surface area (Å²) < 4.78 is 83.4. The van der Waals surface area contributed by atoms with Gasteiger partial charge in [0.05, 0.1) is 0 Å². The molecule has 1 aliphatic rings. The van der Waals surface area contributed by atoms with E-state index in [9.17, 15) is 56.8 Å². The quantitative estimate of drug-likeness (QED) is 0.164. The van der Waals surface area contributed by atoms with Gasteiger partial charge in [0.25, 0.3) is 46.9 Å². The molecule has 27 heavy (non-hydrogen) atoms. The Hall–Kier alpha value is 5.61. The summed E-state index contributed by atoms with van der Waals surface area (Å²) in [6, 6.07) is 0. The zero-order valence-electron chi connectivity index (χ0n) is 12.2. The van der Waals surface area contributed by atoms with Gasteiger partial charge in [-0.3, -0.25) is 27.4 Å². The summed E-state index contributed by atoms with van der Waals surface area (Å²) in [5.41, 5.74) is 0. The van der Waals surface area contributed by atoms with E-state index in [4.69, 9.17) is 0 Å². The number of hydrogen-bond acceptors (Lipinski definition) is 18. The van der Waals surface area contributed by atoms with E-state index >= 15 is 0 Å². The van der Waals surface area contributed by atoms with E-state index in [-0.39, 0.29) is 147 Å². The minimum atomic E-state index is -6.56. The van der Waals surface area contributed by atoms with Crippen LogP contribution in [0.15, 0.2) is 0 Å². The van der Waals surface area contributed by atoms with Gasteiger partial charge < -0.3 is 29.4 Å². The molecule has 0 aromatic heterocycles. The first kappa shape index (κ1) is 37.2. The van der Waals surface area contributed by atoms with Crippen LogP contribution in [-0.2, 0) is 53.3 Å². The molecular weight excluding hydrogens is 886 g/mol. The van der Waals surface area contributed by atoms with E-state index < -0.39 is 46.9 Å². The standard InChI is InChI=1S/3Ba.H6O18P6/c;;;1-19(2)13-20(3,4)15-22(7,8)17-24(11,12)18-23(9,10)16-21(5,6)14-19/h;;;(H,1,2)(H,3,4)(H,5,6)(H,7,8)(H,9,10)(H,11,12)/q3*+2;/p-6. The van der Waals surface area contributed by atoms with Crippen molar-refractivity contribution in [1.82, 2.24) is 0 Å². The van der Waals surface area contributed by atoms with E-state index in [1.54, 1.807) is 0 Å². The molecule has 0 aliphatic carbocycles. The molecule has 0 aromatic rings. The monoisotopic (exact) mass is 887 g/mol. The van der Waals surface area contributed by atoms with Crippen molar-refractivity contribution >= 4 is 194 Å². The van der Waals surface area contributed by atoms with Crippen LogP contribution in [-0.4, -0.2) is 147 Å². The van der Waals surface area contributed by atoms with Crippen LogP contribution in [0.3, 0.4) is 0 Å². The fraction of sp³-hybridized carbons (Fsp3) is 0. The van der Waals surface area contributed by atoms with E-state index in [0.29, 0.717) is 0 Å². The fourth-order valence-corrected chi connectivity index (χ4v) is 9.03. The molecule has 0 N–H and O–H groups in total. The van der Waals surface area contributed by atoms with Crippen molar-refractivity contribution in [2.75, 3.05) is 0 Å². The third-order valence-corrected chi connectivity index (χ3v) is 10.8. The van der Waals surface area contributed by atoms with Crippen molar-refractivity contribution in [3.05, 3.63) is 0 Å². The Kier molecular flexibility index (Phi) is 18.0. The van der Waals surface area contributed by atoms with Crippen molar-refractivity contribution in [3.63, 3.8) is 0 Å². The van der Waals surface area contributed by atoms with Crippen LogP contribution in [0.5, 0.6) is 0 Å². The first-order valence-electron chi connectivity index (χ1n) is 4.38. The molecule has 0 atom stereocenters. The van der Waals surface area contributed by atoms with Gasteiger partial charge in [0.1, 0.15) is 0 Å². The molecule has 0 radical (unpaired) electrons. The second-order valence-electron chi connectivity index (χ2n) is 3.17. The molecule has 1 rings (SSSR count). The van der Waals surface area contributed by atoms with Crippen LogP contribution in [0.2, 0.25) is 0 Å². The Labute approximate surface area is 270 Å². The summed E-state index contributed by atoms with van der Waals surface area (Å²) >= 11 is 0. The average Bonchev–Trinajstić information content (AvgIpc) is 1.98. The predicted octanol–water partition coefficient (Wildman–Crippen LogP) is -4.23. The van der Waals surface area contributed by atoms with Gasteiger partial charge in [-0.15, -0.1) is 0 Å². The average molecular weight is 886 g/mol. The number of hydrogen-bond donors (Lipinski definition) is 0. The minimum Gasteiger partial charge on any atom is -0.756 e. The Morgan fingerprint density at radius 1 is 0.333 bits per heavy atom. The van der Waals surface area contributed by atoms with E-state index in [0.717, 1.165) is 0 Å². The number of phosphoric acid groups is 6. The maximum absolute atomic E-state index is 11.0. The van der Waals surface area contributed by atoms with Crippen molar-refractivity contribution in [2.45, 2.75) is 0 Å². The molecule has 0 amide bonds. The normalized spacial score (nSPS) is 49.1. The second kappa shape index (κ2) is 13.1. The summed E-state index contributed by atoms with van der Waals surface area (Å²) in [7, 11) is -39.3. The third-order valence-electron chi connectivity index (χ3n) is 1.20. The molecule has 1 saturated heterocycles. The van der Waals surface area contributed by atoms with Gasteiger partial charge >= 0.3 is 147 Å². The molecule has 0 bridgehead atoms. The molecule has 0 unspecified atom stereocenters. The van der Waals surface area contributed by atoms with Gasteiger partial charge in [-0.1, -0.05) is 0 Å². The summed E-state index contributed by atoms with van der Waals surface area (Å²) in [6.07, 6.45) is 0. The van der Waals surface area contributed by atoms with E-state index in [2.05, 4.69) is 25.9 Å². The summed E-state index contributed by atoms with van der Waals surface area (Å²) in [6.45, 7) is 0. The van der Waals surface area contributed by atoms with Crippen LogP contribution in [0.4, 0.5) is 0 Å². The summed E-state index contributed by atoms with van der Waals surface area (Å²) in [5.74, 6) is 0. The second-order valence-corrected chi connectivity index (χ2v) is 12.5. The topological polar surface area (TPSA) is 296 Å². The van der Waals surface area contributed by atoms with Crippen molar-refractivity contribution in [2.24, 2.45) is 0 Å². The molecular formula is Ba3O18P6. The zero-order chi connectivity index (χ0) is 19.2. The Balaban J connectivity index is -0.00000192. The minimum absolute atomic E-state index is 0. The van der Waals surface area contributed by atoms with Crippen LogP contribution in [0.25, 0.3) is 0 Å². The predicted molar refractivity (Wildman–Crippen MR) is 69.4 cm³/mol.